The molecule has 1 heterocycles. The Hall–Kier alpha value is -2.17. The molecule has 0 atom stereocenters. The standard InChI is InChI=1S/C20H24N2O2/c23-15-14-21(12-10-17-6-2-1-3-7-17)16-20(24)22-13-11-18-8-4-5-9-19(18)22/h1-9,23H,10-16H2. The van der Waals surface area contributed by atoms with Crippen LogP contribution >= 0.6 is 0 Å². The van der Waals surface area contributed by atoms with Gasteiger partial charge in [-0.2, -0.15) is 0 Å². The molecule has 1 amide bonds. The van der Waals surface area contributed by atoms with Crippen molar-refractivity contribution in [2.45, 2.75) is 12.8 Å². The molecule has 1 aliphatic rings. The first-order chi connectivity index (χ1) is 11.8. The summed E-state index contributed by atoms with van der Waals surface area (Å²) < 4.78 is 0. The molecular weight excluding hydrogens is 300 g/mol. The lowest BCUT2D eigenvalue weighted by Crippen LogP contribution is -2.41. The number of amides is 1. The number of anilines is 1. The summed E-state index contributed by atoms with van der Waals surface area (Å²) in [6, 6.07) is 18.3. The smallest absolute Gasteiger partial charge is 0.241 e. The normalized spacial score (nSPS) is 13.3. The van der Waals surface area contributed by atoms with Crippen molar-refractivity contribution in [1.29, 1.82) is 0 Å². The minimum Gasteiger partial charge on any atom is -0.395 e. The summed E-state index contributed by atoms with van der Waals surface area (Å²) in [4.78, 5) is 16.6. The molecule has 126 valence electrons. The molecule has 0 bridgehead atoms. The third-order valence-corrected chi connectivity index (χ3v) is 4.52. The van der Waals surface area contributed by atoms with Crippen LogP contribution in [0.15, 0.2) is 54.6 Å². The molecule has 0 fully saturated rings. The van der Waals surface area contributed by atoms with E-state index in [4.69, 9.17) is 0 Å². The molecule has 0 radical (unpaired) electrons. The molecule has 0 aliphatic carbocycles. The number of benzene rings is 2. The van der Waals surface area contributed by atoms with E-state index in [1.54, 1.807) is 0 Å². The Bertz CT molecular complexity index is 672. The number of hydrogen-bond acceptors (Lipinski definition) is 3. The molecule has 0 spiro atoms. The van der Waals surface area contributed by atoms with E-state index in [1.165, 1.54) is 11.1 Å². The fourth-order valence-electron chi connectivity index (χ4n) is 3.22. The SMILES string of the molecule is O=C(CN(CCO)CCc1ccccc1)N1CCc2ccccc21. The van der Waals surface area contributed by atoms with Crippen LogP contribution in [0, 0.1) is 0 Å². The van der Waals surface area contributed by atoms with E-state index in [0.717, 1.165) is 31.6 Å². The largest absolute Gasteiger partial charge is 0.395 e. The lowest BCUT2D eigenvalue weighted by Gasteiger charge is -2.24. The highest BCUT2D eigenvalue weighted by molar-refractivity contribution is 5.96. The van der Waals surface area contributed by atoms with Gasteiger partial charge in [0.05, 0.1) is 13.2 Å². The molecule has 2 aromatic carbocycles. The molecule has 4 heteroatoms. The Kier molecular flexibility index (Phi) is 5.62. The molecule has 0 saturated heterocycles. The van der Waals surface area contributed by atoms with Crippen molar-refractivity contribution in [2.75, 3.05) is 37.7 Å². The van der Waals surface area contributed by atoms with E-state index >= 15 is 0 Å². The van der Waals surface area contributed by atoms with Crippen LogP contribution in [0.4, 0.5) is 5.69 Å². The molecule has 3 rings (SSSR count). The average molecular weight is 324 g/mol. The number of aliphatic hydroxyl groups is 1. The Morgan fingerprint density at radius 3 is 2.58 bits per heavy atom. The summed E-state index contributed by atoms with van der Waals surface area (Å²) in [5.74, 6) is 0.112. The fraction of sp³-hybridized carbons (Fsp3) is 0.350. The van der Waals surface area contributed by atoms with E-state index in [9.17, 15) is 9.90 Å². The maximum absolute atomic E-state index is 12.7. The molecule has 0 saturated carbocycles. The van der Waals surface area contributed by atoms with Gasteiger partial charge in [0.2, 0.25) is 5.91 Å². The number of rotatable bonds is 7. The molecular formula is C20H24N2O2. The third-order valence-electron chi connectivity index (χ3n) is 4.52. The maximum atomic E-state index is 12.7. The van der Waals surface area contributed by atoms with Gasteiger partial charge in [-0.15, -0.1) is 0 Å². The van der Waals surface area contributed by atoms with Gasteiger partial charge in [0.15, 0.2) is 0 Å². The summed E-state index contributed by atoms with van der Waals surface area (Å²) in [7, 11) is 0. The minimum atomic E-state index is 0.0681. The van der Waals surface area contributed by atoms with Gasteiger partial charge >= 0.3 is 0 Å². The Labute approximate surface area is 143 Å². The van der Waals surface area contributed by atoms with E-state index < -0.39 is 0 Å². The van der Waals surface area contributed by atoms with Crippen LogP contribution in [0.25, 0.3) is 0 Å². The zero-order chi connectivity index (χ0) is 16.8. The van der Waals surface area contributed by atoms with Crippen LogP contribution in [-0.4, -0.2) is 48.7 Å². The van der Waals surface area contributed by atoms with Crippen LogP contribution in [0.2, 0.25) is 0 Å². The van der Waals surface area contributed by atoms with Gasteiger partial charge in [-0.1, -0.05) is 48.5 Å². The number of carbonyl (C=O) groups excluding carboxylic acids is 1. The first-order valence-corrected chi connectivity index (χ1v) is 8.53. The van der Waals surface area contributed by atoms with Crippen LogP contribution in [0.1, 0.15) is 11.1 Å². The summed E-state index contributed by atoms with van der Waals surface area (Å²) in [5.41, 5.74) is 3.53. The highest BCUT2D eigenvalue weighted by Crippen LogP contribution is 2.27. The van der Waals surface area contributed by atoms with Crippen LogP contribution in [0.5, 0.6) is 0 Å². The molecule has 4 nitrogen and oxygen atoms in total. The highest BCUT2D eigenvalue weighted by Gasteiger charge is 2.25. The predicted octanol–water partition coefficient (Wildman–Crippen LogP) is 2.11. The van der Waals surface area contributed by atoms with E-state index in [1.807, 2.05) is 46.2 Å². The summed E-state index contributed by atoms with van der Waals surface area (Å²) >= 11 is 0. The third kappa shape index (κ3) is 4.02. The Morgan fingerprint density at radius 1 is 1.04 bits per heavy atom. The van der Waals surface area contributed by atoms with E-state index in [2.05, 4.69) is 18.2 Å². The summed E-state index contributed by atoms with van der Waals surface area (Å²) in [5, 5.41) is 9.30. The highest BCUT2D eigenvalue weighted by atomic mass is 16.3. The van der Waals surface area contributed by atoms with Gasteiger partial charge < -0.3 is 10.0 Å². The zero-order valence-electron chi connectivity index (χ0n) is 13.9. The number of para-hydroxylation sites is 1. The lowest BCUT2D eigenvalue weighted by molar-refractivity contribution is -0.119. The van der Waals surface area contributed by atoms with Gasteiger partial charge in [0.25, 0.3) is 0 Å². The van der Waals surface area contributed by atoms with Gasteiger partial charge in [-0.25, -0.2) is 0 Å². The molecule has 24 heavy (non-hydrogen) atoms. The lowest BCUT2D eigenvalue weighted by atomic mass is 10.1. The number of hydrogen-bond donors (Lipinski definition) is 1. The second-order valence-electron chi connectivity index (χ2n) is 6.16. The quantitative estimate of drug-likeness (QED) is 0.848. The van der Waals surface area contributed by atoms with Crippen LogP contribution in [-0.2, 0) is 17.6 Å². The maximum Gasteiger partial charge on any atom is 0.241 e. The van der Waals surface area contributed by atoms with Gasteiger partial charge in [-0.3, -0.25) is 9.69 Å². The molecule has 2 aromatic rings. The van der Waals surface area contributed by atoms with Crippen molar-refractivity contribution in [3.8, 4) is 0 Å². The second-order valence-corrected chi connectivity index (χ2v) is 6.16. The Balaban J connectivity index is 1.60. The van der Waals surface area contributed by atoms with Crippen molar-refractivity contribution in [3.05, 3.63) is 65.7 Å². The van der Waals surface area contributed by atoms with Crippen LogP contribution in [0.3, 0.4) is 0 Å². The van der Waals surface area contributed by atoms with Gasteiger partial charge in [0.1, 0.15) is 0 Å². The first kappa shape index (κ1) is 16.7. The number of carbonyl (C=O) groups is 1. The number of nitrogens with zero attached hydrogens (tertiary/aromatic N) is 2. The summed E-state index contributed by atoms with van der Waals surface area (Å²) in [6.07, 6.45) is 1.80. The fourth-order valence-corrected chi connectivity index (χ4v) is 3.22. The molecule has 0 aromatic heterocycles. The molecule has 0 unspecified atom stereocenters. The van der Waals surface area contributed by atoms with Gasteiger partial charge in [-0.05, 0) is 30.0 Å². The van der Waals surface area contributed by atoms with Crippen LogP contribution < -0.4 is 4.90 Å². The minimum absolute atomic E-state index is 0.0681. The van der Waals surface area contributed by atoms with Crippen molar-refractivity contribution in [2.24, 2.45) is 0 Å². The van der Waals surface area contributed by atoms with Crippen molar-refractivity contribution < 1.29 is 9.90 Å². The topological polar surface area (TPSA) is 43.8 Å². The van der Waals surface area contributed by atoms with E-state index in [-0.39, 0.29) is 12.5 Å². The van der Waals surface area contributed by atoms with Crippen molar-refractivity contribution in [1.82, 2.24) is 4.90 Å². The average Bonchev–Trinajstić information content (AvgIpc) is 3.05. The van der Waals surface area contributed by atoms with Crippen molar-refractivity contribution in [3.63, 3.8) is 0 Å². The molecule has 1 N–H and O–H groups in total. The number of aliphatic hydroxyl groups excluding tert-OH is 1. The second kappa shape index (κ2) is 8.08. The predicted molar refractivity (Wildman–Crippen MR) is 96.2 cm³/mol. The van der Waals surface area contributed by atoms with Gasteiger partial charge in [0, 0.05) is 25.3 Å². The van der Waals surface area contributed by atoms with Crippen molar-refractivity contribution >= 4 is 11.6 Å². The first-order valence-electron chi connectivity index (χ1n) is 8.53. The zero-order valence-corrected chi connectivity index (χ0v) is 13.9. The summed E-state index contributed by atoms with van der Waals surface area (Å²) in [6.45, 7) is 2.46. The number of fused-ring (bicyclic) bond motifs is 1. The monoisotopic (exact) mass is 324 g/mol. The Morgan fingerprint density at radius 2 is 1.79 bits per heavy atom. The molecule has 1 aliphatic heterocycles. The van der Waals surface area contributed by atoms with E-state index in [0.29, 0.717) is 13.1 Å².